The number of rotatable bonds is 4. The summed E-state index contributed by atoms with van der Waals surface area (Å²) in [6.07, 6.45) is -4.16. The van der Waals surface area contributed by atoms with Gasteiger partial charge in [0.05, 0.1) is 0 Å². The molecule has 138 valence electrons. The smallest absolute Gasteiger partial charge is 0.453 e. The van der Waals surface area contributed by atoms with Gasteiger partial charge in [-0.05, 0) is 23.6 Å². The van der Waals surface area contributed by atoms with E-state index >= 15 is 0 Å². The van der Waals surface area contributed by atoms with Gasteiger partial charge in [0.25, 0.3) is 5.82 Å². The highest BCUT2D eigenvalue weighted by molar-refractivity contribution is 7.98. The van der Waals surface area contributed by atoms with Crippen LogP contribution in [-0.4, -0.2) is 20.0 Å². The Kier molecular flexibility index (Phi) is 4.57. The van der Waals surface area contributed by atoms with Crippen molar-refractivity contribution in [1.29, 1.82) is 0 Å². The third-order valence-electron chi connectivity index (χ3n) is 3.69. The van der Waals surface area contributed by atoms with Crippen LogP contribution in [0.3, 0.4) is 0 Å². The topological polar surface area (TPSA) is 107 Å². The highest BCUT2D eigenvalue weighted by Gasteiger charge is 2.38. The Labute approximate surface area is 148 Å². The molecule has 0 fully saturated rings. The molecule has 0 spiro atoms. The van der Waals surface area contributed by atoms with Crippen LogP contribution >= 0.6 is 11.8 Å². The molecule has 3 N–H and O–H groups in total. The van der Waals surface area contributed by atoms with E-state index in [1.807, 2.05) is 6.92 Å². The molecule has 3 aromatic rings. The molecule has 0 atom stereocenters. The van der Waals surface area contributed by atoms with E-state index in [0.29, 0.717) is 27.6 Å². The first kappa shape index (κ1) is 18.1. The Bertz CT molecular complexity index is 1030. The number of halogens is 3. The summed E-state index contributed by atoms with van der Waals surface area (Å²) in [4.78, 5) is 11.7. The van der Waals surface area contributed by atoms with Gasteiger partial charge in [-0.1, -0.05) is 18.7 Å². The summed E-state index contributed by atoms with van der Waals surface area (Å²) in [6, 6.07) is 4.27. The number of phenolic OH excluding ortho intramolecular Hbond substituents is 1. The summed E-state index contributed by atoms with van der Waals surface area (Å²) in [7, 11) is 0. The summed E-state index contributed by atoms with van der Waals surface area (Å²) in [5.74, 6) is 4.21. The normalized spacial score (nSPS) is 12.0. The van der Waals surface area contributed by atoms with Crippen molar-refractivity contribution in [3.63, 3.8) is 0 Å². The number of aromatic hydroxyl groups is 1. The van der Waals surface area contributed by atoms with Crippen LogP contribution in [0.2, 0.25) is 0 Å². The van der Waals surface area contributed by atoms with Crippen LogP contribution in [0.25, 0.3) is 11.0 Å². The second-order valence-corrected chi connectivity index (χ2v) is 6.33. The van der Waals surface area contributed by atoms with E-state index in [2.05, 4.69) is 10.2 Å². The number of aromatic nitrogens is 3. The first-order valence-electron chi connectivity index (χ1n) is 7.39. The number of thioether (sulfide) groups is 1. The fourth-order valence-corrected chi connectivity index (χ4v) is 3.27. The molecule has 2 aromatic heterocycles. The minimum Gasteiger partial charge on any atom is -0.508 e. The number of fused-ring (bicyclic) bond motifs is 1. The Hall–Kier alpha value is -2.69. The number of nitrogen functional groups attached to an aromatic ring is 1. The molecule has 1 aromatic carbocycles. The molecule has 0 unspecified atom stereocenters. The highest BCUT2D eigenvalue weighted by Crippen LogP contribution is 2.32. The fraction of sp³-hybridized carbons (Fsp3) is 0.267. The van der Waals surface area contributed by atoms with Crippen molar-refractivity contribution in [3.8, 4) is 5.75 Å². The summed E-state index contributed by atoms with van der Waals surface area (Å²) >= 11 is 0.900. The molecule has 0 aliphatic heterocycles. The van der Waals surface area contributed by atoms with Gasteiger partial charge in [-0.25, -0.2) is 9.47 Å². The van der Waals surface area contributed by atoms with Gasteiger partial charge in [0.1, 0.15) is 11.3 Å². The van der Waals surface area contributed by atoms with Gasteiger partial charge < -0.3 is 15.4 Å². The molecule has 26 heavy (non-hydrogen) atoms. The molecule has 0 radical (unpaired) electrons. The molecule has 2 heterocycles. The van der Waals surface area contributed by atoms with Gasteiger partial charge in [-0.2, -0.15) is 13.2 Å². The van der Waals surface area contributed by atoms with Crippen molar-refractivity contribution >= 4 is 22.7 Å². The second-order valence-electron chi connectivity index (χ2n) is 5.38. The van der Waals surface area contributed by atoms with E-state index < -0.39 is 17.6 Å². The van der Waals surface area contributed by atoms with E-state index in [1.165, 1.54) is 12.1 Å². The second kappa shape index (κ2) is 6.56. The minimum atomic E-state index is -4.71. The first-order chi connectivity index (χ1) is 12.2. The average Bonchev–Trinajstić information content (AvgIpc) is 2.92. The van der Waals surface area contributed by atoms with Crippen molar-refractivity contribution in [2.45, 2.75) is 30.4 Å². The maximum absolute atomic E-state index is 12.7. The number of phenols is 1. The molecule has 7 nitrogen and oxygen atoms in total. The van der Waals surface area contributed by atoms with Crippen molar-refractivity contribution in [2.75, 3.05) is 5.84 Å². The van der Waals surface area contributed by atoms with Crippen LogP contribution in [0.5, 0.6) is 5.75 Å². The van der Waals surface area contributed by atoms with Gasteiger partial charge in [0, 0.05) is 23.3 Å². The summed E-state index contributed by atoms with van der Waals surface area (Å²) in [6.45, 7) is 1.85. The van der Waals surface area contributed by atoms with Gasteiger partial charge in [0.15, 0.2) is 0 Å². The maximum Gasteiger partial charge on any atom is 0.453 e. The minimum absolute atomic E-state index is 0.00414. The monoisotopic (exact) mass is 386 g/mol. The van der Waals surface area contributed by atoms with Crippen LogP contribution in [0, 0.1) is 0 Å². The van der Waals surface area contributed by atoms with Crippen LogP contribution < -0.4 is 11.5 Å². The van der Waals surface area contributed by atoms with Gasteiger partial charge in [-0.15, -0.1) is 10.2 Å². The van der Waals surface area contributed by atoms with E-state index in [-0.39, 0.29) is 22.2 Å². The average molecular weight is 386 g/mol. The lowest BCUT2D eigenvalue weighted by Gasteiger charge is -2.09. The summed E-state index contributed by atoms with van der Waals surface area (Å²) < 4.78 is 43.6. The van der Waals surface area contributed by atoms with Crippen LogP contribution in [0.4, 0.5) is 13.2 Å². The van der Waals surface area contributed by atoms with E-state index in [4.69, 9.17) is 10.3 Å². The van der Waals surface area contributed by atoms with Crippen molar-refractivity contribution in [1.82, 2.24) is 14.9 Å². The van der Waals surface area contributed by atoms with Gasteiger partial charge >= 0.3 is 11.8 Å². The number of hydrogen-bond donors (Lipinski definition) is 2. The molecule has 3 rings (SSSR count). The SMILES string of the molecule is CCc1cc2c(CSc3nnc(C(F)(F)F)n3N)cc(=O)oc2cc1O. The summed E-state index contributed by atoms with van der Waals surface area (Å²) in [5.41, 5.74) is 0.724. The predicted octanol–water partition coefficient (Wildman–Crippen LogP) is 2.68. The number of aryl methyl sites for hydroxylation is 1. The lowest BCUT2D eigenvalue weighted by atomic mass is 10.1. The lowest BCUT2D eigenvalue weighted by Crippen LogP contribution is -2.21. The maximum atomic E-state index is 12.7. The first-order valence-corrected chi connectivity index (χ1v) is 8.38. The summed E-state index contributed by atoms with van der Waals surface area (Å²) in [5, 5.41) is 16.8. The zero-order chi connectivity index (χ0) is 19.1. The van der Waals surface area contributed by atoms with Crippen LogP contribution in [-0.2, 0) is 18.3 Å². The number of nitrogens with two attached hydrogens (primary N) is 1. The van der Waals surface area contributed by atoms with Crippen molar-refractivity contribution < 1.29 is 22.7 Å². The number of nitrogens with zero attached hydrogens (tertiary/aromatic N) is 3. The molecule has 0 aliphatic carbocycles. The zero-order valence-corrected chi connectivity index (χ0v) is 14.2. The van der Waals surface area contributed by atoms with Crippen LogP contribution in [0.15, 0.2) is 32.6 Å². The largest absolute Gasteiger partial charge is 0.508 e. The molecule has 0 amide bonds. The third-order valence-corrected chi connectivity index (χ3v) is 4.68. The molecule has 11 heteroatoms. The standard InChI is InChI=1S/C15H13F3N4O3S/c1-2-7-3-9-8(4-12(24)25-11(9)5-10(7)23)6-26-14-21-20-13(22(14)19)15(16,17)18/h3-5,23H,2,6,19H2,1H3. The third kappa shape index (κ3) is 3.34. The number of benzene rings is 1. The molecule has 0 saturated heterocycles. The van der Waals surface area contributed by atoms with Crippen LogP contribution in [0.1, 0.15) is 23.9 Å². The molecular formula is C15H13F3N4O3S. The highest BCUT2D eigenvalue weighted by atomic mass is 32.2. The van der Waals surface area contributed by atoms with Gasteiger partial charge in [-0.3, -0.25) is 0 Å². The zero-order valence-electron chi connectivity index (χ0n) is 13.4. The molecule has 0 aliphatic rings. The Morgan fingerprint density at radius 3 is 2.62 bits per heavy atom. The van der Waals surface area contributed by atoms with E-state index in [9.17, 15) is 23.1 Å². The number of hydrogen-bond acceptors (Lipinski definition) is 7. The van der Waals surface area contributed by atoms with E-state index in [0.717, 1.165) is 11.8 Å². The molecular weight excluding hydrogens is 373 g/mol. The Balaban J connectivity index is 1.97. The Morgan fingerprint density at radius 1 is 1.27 bits per heavy atom. The lowest BCUT2D eigenvalue weighted by molar-refractivity contribution is -0.146. The number of alkyl halides is 3. The molecule has 0 saturated carbocycles. The van der Waals surface area contributed by atoms with Crippen molar-refractivity contribution in [3.05, 3.63) is 45.6 Å². The molecule has 0 bridgehead atoms. The Morgan fingerprint density at radius 2 is 2.00 bits per heavy atom. The van der Waals surface area contributed by atoms with E-state index in [1.54, 1.807) is 6.07 Å². The predicted molar refractivity (Wildman–Crippen MR) is 88.3 cm³/mol. The fourth-order valence-electron chi connectivity index (χ4n) is 2.42. The quantitative estimate of drug-likeness (QED) is 0.403. The van der Waals surface area contributed by atoms with Gasteiger partial charge in [0.2, 0.25) is 5.16 Å². The van der Waals surface area contributed by atoms with Crippen molar-refractivity contribution in [2.24, 2.45) is 0 Å².